The van der Waals surface area contributed by atoms with Crippen LogP contribution in [0.1, 0.15) is 25.5 Å². The second-order valence-corrected chi connectivity index (χ2v) is 8.93. The first-order chi connectivity index (χ1) is 13.7. The van der Waals surface area contributed by atoms with Crippen molar-refractivity contribution in [2.75, 3.05) is 0 Å². The Balaban J connectivity index is 1.82. The maximum Gasteiger partial charge on any atom is 0.327 e. The zero-order valence-corrected chi connectivity index (χ0v) is 16.5. The number of carboxylic acids is 1. The van der Waals surface area contributed by atoms with Crippen LogP contribution in [0.25, 0.3) is 0 Å². The van der Waals surface area contributed by atoms with Crippen molar-refractivity contribution in [2.45, 2.75) is 42.1 Å². The number of β-lactam (4-membered cyclic amide) rings is 1. The number of hydrogen-bond acceptors (Lipinski definition) is 6. The molecule has 0 spiro atoms. The van der Waals surface area contributed by atoms with Gasteiger partial charge in [0.15, 0.2) is 6.04 Å². The van der Waals surface area contributed by atoms with Crippen LogP contribution in [0.4, 0.5) is 0 Å². The van der Waals surface area contributed by atoms with Gasteiger partial charge in [-0.1, -0.05) is 30.3 Å². The molecular weight excluding hydrogens is 400 g/mol. The summed E-state index contributed by atoms with van der Waals surface area (Å²) in [5.41, 5.74) is 2.59. The predicted molar refractivity (Wildman–Crippen MR) is 102 cm³/mol. The van der Waals surface area contributed by atoms with Gasteiger partial charge in [0.2, 0.25) is 24.6 Å². The quantitative estimate of drug-likeness (QED) is 0.292. The summed E-state index contributed by atoms with van der Waals surface area (Å²) in [6.07, 6.45) is 0.565. The molecule has 3 N–H and O–H groups in total. The third-order valence-corrected chi connectivity index (χ3v) is 6.50. The molecule has 11 heteroatoms. The van der Waals surface area contributed by atoms with Crippen molar-refractivity contribution in [3.8, 4) is 0 Å². The zero-order valence-electron chi connectivity index (χ0n) is 15.6. The second kappa shape index (κ2) is 7.74. The molecule has 10 nitrogen and oxygen atoms in total. The van der Waals surface area contributed by atoms with Crippen molar-refractivity contribution < 1.29 is 29.1 Å². The van der Waals surface area contributed by atoms with Crippen molar-refractivity contribution in [1.29, 1.82) is 0 Å². The van der Waals surface area contributed by atoms with Gasteiger partial charge in [0.25, 0.3) is 0 Å². The Kier molecular flexibility index (Phi) is 5.51. The highest BCUT2D eigenvalue weighted by Crippen LogP contribution is 2.50. The van der Waals surface area contributed by atoms with Gasteiger partial charge in [-0.25, -0.2) is 9.80 Å². The van der Waals surface area contributed by atoms with Gasteiger partial charge in [0, 0.05) is 4.75 Å². The van der Waals surface area contributed by atoms with Gasteiger partial charge in [-0.3, -0.25) is 24.6 Å². The largest absolute Gasteiger partial charge is 0.480 e. The molecule has 2 fully saturated rings. The summed E-state index contributed by atoms with van der Waals surface area (Å²) >= 11 is 1.29. The maximum absolute atomic E-state index is 13.0. The minimum absolute atomic E-state index is 0.265. The predicted octanol–water partition coefficient (Wildman–Crippen LogP) is -0.521. The van der Waals surface area contributed by atoms with Gasteiger partial charge in [0.05, 0.1) is 0 Å². The SMILES string of the molecule is CC1(C)S[C@@H]2[C@@H](NC(=O)[C@@H](c3ccccc3)N(C=O)NC=O)C(=O)N2[C@H]1C(=O)O. The van der Waals surface area contributed by atoms with E-state index in [9.17, 15) is 29.1 Å². The number of aliphatic carboxylic acids is 1. The van der Waals surface area contributed by atoms with Crippen LogP contribution < -0.4 is 10.7 Å². The fourth-order valence-electron chi connectivity index (χ4n) is 3.68. The van der Waals surface area contributed by atoms with E-state index in [-0.39, 0.29) is 6.41 Å². The van der Waals surface area contributed by atoms with E-state index >= 15 is 0 Å². The lowest BCUT2D eigenvalue weighted by atomic mass is 9.95. The molecule has 0 bridgehead atoms. The molecule has 2 aliphatic heterocycles. The Labute approximate surface area is 170 Å². The lowest BCUT2D eigenvalue weighted by molar-refractivity contribution is -0.161. The van der Waals surface area contributed by atoms with Gasteiger partial charge >= 0.3 is 5.97 Å². The molecule has 154 valence electrons. The first-order valence-electron chi connectivity index (χ1n) is 8.74. The molecule has 4 amide bonds. The molecule has 0 radical (unpaired) electrons. The smallest absolute Gasteiger partial charge is 0.327 e. The molecule has 29 heavy (non-hydrogen) atoms. The Morgan fingerprint density at radius 1 is 1.28 bits per heavy atom. The Bertz CT molecular complexity index is 848. The van der Waals surface area contributed by atoms with E-state index in [1.807, 2.05) is 0 Å². The fraction of sp³-hybridized carbons (Fsp3) is 0.389. The maximum atomic E-state index is 13.0. The van der Waals surface area contributed by atoms with Crippen LogP contribution in [0, 0.1) is 0 Å². The van der Waals surface area contributed by atoms with Gasteiger partial charge in [-0.2, -0.15) is 0 Å². The highest BCUT2D eigenvalue weighted by molar-refractivity contribution is 8.01. The molecule has 1 aromatic carbocycles. The monoisotopic (exact) mass is 420 g/mol. The topological polar surface area (TPSA) is 136 Å². The lowest BCUT2D eigenvalue weighted by Crippen LogP contribution is -2.71. The molecule has 0 unspecified atom stereocenters. The highest BCUT2D eigenvalue weighted by Gasteiger charge is 2.64. The highest BCUT2D eigenvalue weighted by atomic mass is 32.2. The molecule has 2 heterocycles. The average Bonchev–Trinajstić information content (AvgIpc) is 2.94. The Morgan fingerprint density at radius 2 is 1.93 bits per heavy atom. The van der Waals surface area contributed by atoms with E-state index < -0.39 is 46.0 Å². The summed E-state index contributed by atoms with van der Waals surface area (Å²) in [6, 6.07) is 5.17. The van der Waals surface area contributed by atoms with Crippen LogP contribution in [-0.2, 0) is 24.0 Å². The number of nitrogens with zero attached hydrogens (tertiary/aromatic N) is 2. The van der Waals surface area contributed by atoms with Gasteiger partial charge in [0.1, 0.15) is 17.5 Å². The van der Waals surface area contributed by atoms with Crippen LogP contribution in [0.15, 0.2) is 30.3 Å². The number of carbonyl (C=O) groups is 5. The number of benzene rings is 1. The van der Waals surface area contributed by atoms with Crippen molar-refractivity contribution in [3.63, 3.8) is 0 Å². The first-order valence-corrected chi connectivity index (χ1v) is 9.62. The van der Waals surface area contributed by atoms with Crippen LogP contribution in [0.3, 0.4) is 0 Å². The number of fused-ring (bicyclic) bond motifs is 1. The standard InChI is InChI=1S/C18H20N4O6S/c1-18(2)13(17(27)28)22-15(26)11(16(22)29-18)20-14(25)12(21(9-24)19-8-23)10-6-4-3-5-7-10/h3-9,11-13,16H,1-2H3,(H,19,23)(H,20,25)(H,27,28)/t11-,12+,13-,16+/m0/s1. The molecule has 0 aromatic heterocycles. The van der Waals surface area contributed by atoms with E-state index in [0.29, 0.717) is 12.0 Å². The Morgan fingerprint density at radius 3 is 2.48 bits per heavy atom. The number of rotatable bonds is 8. The van der Waals surface area contributed by atoms with E-state index in [1.165, 1.54) is 16.7 Å². The molecule has 0 aliphatic carbocycles. The van der Waals surface area contributed by atoms with Crippen molar-refractivity contribution in [2.24, 2.45) is 0 Å². The average molecular weight is 420 g/mol. The number of hydrazine groups is 1. The van der Waals surface area contributed by atoms with Gasteiger partial charge in [-0.15, -0.1) is 11.8 Å². The van der Waals surface area contributed by atoms with Crippen molar-refractivity contribution in [3.05, 3.63) is 35.9 Å². The van der Waals surface area contributed by atoms with E-state index in [2.05, 4.69) is 10.7 Å². The van der Waals surface area contributed by atoms with Crippen LogP contribution in [-0.4, -0.2) is 67.8 Å². The molecule has 2 aliphatic rings. The number of nitrogens with one attached hydrogen (secondary N) is 2. The van der Waals surface area contributed by atoms with E-state index in [0.717, 1.165) is 5.01 Å². The summed E-state index contributed by atoms with van der Waals surface area (Å²) in [5.74, 6) is -2.28. The number of carboxylic acid groups (broad SMARTS) is 1. The van der Waals surface area contributed by atoms with E-state index in [4.69, 9.17) is 0 Å². The first kappa shape index (κ1) is 20.6. The molecule has 3 rings (SSSR count). The third kappa shape index (κ3) is 3.53. The normalized spacial score (nSPS) is 25.2. The Hall–Kier alpha value is -3.08. The van der Waals surface area contributed by atoms with Crippen LogP contribution in [0.2, 0.25) is 0 Å². The summed E-state index contributed by atoms with van der Waals surface area (Å²) in [7, 11) is 0. The minimum Gasteiger partial charge on any atom is -0.480 e. The molecule has 1 aromatic rings. The van der Waals surface area contributed by atoms with Gasteiger partial charge < -0.3 is 15.3 Å². The third-order valence-electron chi connectivity index (χ3n) is 4.93. The summed E-state index contributed by atoms with van der Waals surface area (Å²) in [6.45, 7) is 3.46. The van der Waals surface area contributed by atoms with Crippen LogP contribution >= 0.6 is 11.8 Å². The lowest BCUT2D eigenvalue weighted by Gasteiger charge is -2.44. The molecular formula is C18H20N4O6S. The molecule has 4 atom stereocenters. The summed E-state index contributed by atoms with van der Waals surface area (Å²) < 4.78 is -0.724. The number of amides is 4. The van der Waals surface area contributed by atoms with Crippen molar-refractivity contribution in [1.82, 2.24) is 20.7 Å². The number of hydrogen-bond donors (Lipinski definition) is 3. The fourth-order valence-corrected chi connectivity index (χ4v) is 5.30. The number of carbonyl (C=O) groups excluding carboxylic acids is 4. The van der Waals surface area contributed by atoms with E-state index in [1.54, 1.807) is 44.2 Å². The second-order valence-electron chi connectivity index (χ2n) is 7.16. The molecule has 2 saturated heterocycles. The number of thioether (sulfide) groups is 1. The summed E-state index contributed by atoms with van der Waals surface area (Å²) in [4.78, 5) is 60.7. The minimum atomic E-state index is -1.20. The zero-order chi connectivity index (χ0) is 21.3. The van der Waals surface area contributed by atoms with Crippen molar-refractivity contribution >= 4 is 42.4 Å². The molecule has 0 saturated carbocycles. The summed E-state index contributed by atoms with van der Waals surface area (Å²) in [5, 5.41) is 12.4. The van der Waals surface area contributed by atoms with Crippen LogP contribution in [0.5, 0.6) is 0 Å². The van der Waals surface area contributed by atoms with Gasteiger partial charge in [-0.05, 0) is 19.4 Å².